The molecule has 0 aromatic rings. The lowest BCUT2D eigenvalue weighted by molar-refractivity contribution is 0.182. The monoisotopic (exact) mass is 202 g/mol. The molecule has 2 aliphatic rings. The molecule has 1 spiro atoms. The highest BCUT2D eigenvalue weighted by atomic mass is 28.4. The summed E-state index contributed by atoms with van der Waals surface area (Å²) in [7, 11) is -2.06. The molecule has 0 radical (unpaired) electrons. The van der Waals surface area contributed by atoms with Crippen LogP contribution in [0.3, 0.4) is 0 Å². The van der Waals surface area contributed by atoms with Gasteiger partial charge in [-0.1, -0.05) is 13.8 Å². The Balaban J connectivity index is 2.16. The zero-order chi connectivity index (χ0) is 9.31. The molecule has 0 saturated carbocycles. The fourth-order valence-corrected chi connectivity index (χ4v) is 5.66. The van der Waals surface area contributed by atoms with Gasteiger partial charge in [0.05, 0.1) is 13.2 Å². The minimum absolute atomic E-state index is 0.844. The number of hydrogen-bond acceptors (Lipinski definition) is 4. The molecule has 0 aromatic heterocycles. The normalized spacial score (nSPS) is 29.1. The maximum atomic E-state index is 5.88. The highest BCUT2D eigenvalue weighted by molar-refractivity contribution is 6.62. The average molecular weight is 202 g/mol. The molecular weight excluding hydrogens is 184 g/mol. The van der Waals surface area contributed by atoms with Gasteiger partial charge in [-0.2, -0.15) is 0 Å². The highest BCUT2D eigenvalue weighted by Gasteiger charge is 2.57. The molecule has 2 rings (SSSR count). The predicted molar refractivity (Wildman–Crippen MR) is 52.2 cm³/mol. The second kappa shape index (κ2) is 3.66. The Morgan fingerprint density at radius 2 is 1.46 bits per heavy atom. The Morgan fingerprint density at radius 1 is 1.00 bits per heavy atom. The molecular formula is C8H18N2O2Si. The molecule has 0 aliphatic carbocycles. The van der Waals surface area contributed by atoms with Crippen LogP contribution in [-0.4, -0.2) is 57.4 Å². The molecule has 76 valence electrons. The van der Waals surface area contributed by atoms with Crippen LogP contribution in [0.2, 0.25) is 0 Å². The first-order chi connectivity index (χ1) is 6.33. The second-order valence-electron chi connectivity index (χ2n) is 3.40. The SMILES string of the molecule is CCN1CCO[Si]12OCCN2CC. The number of hydrogen-bond donors (Lipinski definition) is 0. The first-order valence-corrected chi connectivity index (χ1v) is 6.82. The van der Waals surface area contributed by atoms with Gasteiger partial charge in [0.2, 0.25) is 0 Å². The van der Waals surface area contributed by atoms with Crippen molar-refractivity contribution in [3.63, 3.8) is 0 Å². The fourth-order valence-electron chi connectivity index (χ4n) is 2.18. The van der Waals surface area contributed by atoms with E-state index in [9.17, 15) is 0 Å². The van der Waals surface area contributed by atoms with Crippen LogP contribution in [0.1, 0.15) is 13.8 Å². The molecule has 2 fully saturated rings. The number of nitrogens with zero attached hydrogens (tertiary/aromatic N) is 2. The summed E-state index contributed by atoms with van der Waals surface area (Å²) in [5.41, 5.74) is 0. The van der Waals surface area contributed by atoms with E-state index in [-0.39, 0.29) is 0 Å². The number of likely N-dealkylation sites (N-methyl/N-ethyl adjacent to an activating group) is 2. The second-order valence-corrected chi connectivity index (χ2v) is 6.34. The minimum atomic E-state index is -2.06. The van der Waals surface area contributed by atoms with Crippen molar-refractivity contribution in [2.45, 2.75) is 13.8 Å². The van der Waals surface area contributed by atoms with Gasteiger partial charge in [0, 0.05) is 13.1 Å². The van der Waals surface area contributed by atoms with Gasteiger partial charge in [0.1, 0.15) is 0 Å². The molecule has 2 aliphatic heterocycles. The molecule has 13 heavy (non-hydrogen) atoms. The van der Waals surface area contributed by atoms with Gasteiger partial charge in [-0.3, -0.25) is 9.13 Å². The van der Waals surface area contributed by atoms with Crippen LogP contribution in [0, 0.1) is 0 Å². The quantitative estimate of drug-likeness (QED) is 0.594. The van der Waals surface area contributed by atoms with Crippen LogP contribution >= 0.6 is 0 Å². The van der Waals surface area contributed by atoms with E-state index in [1.165, 1.54) is 0 Å². The standard InChI is InChI=1S/C8H18N2O2Si/c1-3-9-5-7-11-13(9)10(4-2)6-8-12-13/h3-8H2,1-2H3. The van der Waals surface area contributed by atoms with Crippen LogP contribution in [0.15, 0.2) is 0 Å². The molecule has 0 N–H and O–H groups in total. The van der Waals surface area contributed by atoms with Gasteiger partial charge in [-0.05, 0) is 13.1 Å². The van der Waals surface area contributed by atoms with Crippen LogP contribution in [0.4, 0.5) is 0 Å². The number of rotatable bonds is 2. The molecule has 0 bridgehead atoms. The van der Waals surface area contributed by atoms with Crippen LogP contribution < -0.4 is 0 Å². The van der Waals surface area contributed by atoms with Crippen molar-refractivity contribution in [1.29, 1.82) is 0 Å². The third-order valence-electron chi connectivity index (χ3n) is 2.87. The van der Waals surface area contributed by atoms with Crippen molar-refractivity contribution >= 4 is 8.88 Å². The Labute approximate surface area is 80.8 Å². The largest absolute Gasteiger partial charge is 0.522 e. The Hall–Kier alpha value is 0.0569. The van der Waals surface area contributed by atoms with Crippen molar-refractivity contribution in [2.24, 2.45) is 0 Å². The third-order valence-corrected chi connectivity index (χ3v) is 6.70. The first-order valence-electron chi connectivity index (χ1n) is 5.11. The van der Waals surface area contributed by atoms with E-state index in [0.717, 1.165) is 39.4 Å². The maximum Gasteiger partial charge on any atom is 0.522 e. The first kappa shape index (κ1) is 9.61. The van der Waals surface area contributed by atoms with Crippen molar-refractivity contribution in [1.82, 2.24) is 9.13 Å². The van der Waals surface area contributed by atoms with Crippen LogP contribution in [-0.2, 0) is 8.85 Å². The summed E-state index contributed by atoms with van der Waals surface area (Å²) in [5, 5.41) is 0. The van der Waals surface area contributed by atoms with E-state index in [1.807, 2.05) is 0 Å². The third kappa shape index (κ3) is 1.35. The summed E-state index contributed by atoms with van der Waals surface area (Å²) < 4.78 is 16.5. The van der Waals surface area contributed by atoms with Crippen molar-refractivity contribution in [2.75, 3.05) is 39.4 Å². The zero-order valence-electron chi connectivity index (χ0n) is 8.45. The lowest BCUT2D eigenvalue weighted by Crippen LogP contribution is -2.61. The van der Waals surface area contributed by atoms with Gasteiger partial charge >= 0.3 is 8.88 Å². The van der Waals surface area contributed by atoms with E-state index >= 15 is 0 Å². The van der Waals surface area contributed by atoms with Gasteiger partial charge in [-0.25, -0.2) is 0 Å². The highest BCUT2D eigenvalue weighted by Crippen LogP contribution is 2.27. The maximum absolute atomic E-state index is 5.88. The predicted octanol–water partition coefficient (Wildman–Crippen LogP) is 0.126. The summed E-state index contributed by atoms with van der Waals surface area (Å²) in [5.74, 6) is 0. The Bertz CT molecular complexity index is 171. The zero-order valence-corrected chi connectivity index (χ0v) is 9.45. The summed E-state index contributed by atoms with van der Waals surface area (Å²) in [6.45, 7) is 10.2. The lowest BCUT2D eigenvalue weighted by atomic mass is 10.6. The van der Waals surface area contributed by atoms with E-state index in [2.05, 4.69) is 23.0 Å². The molecule has 2 saturated heterocycles. The molecule has 2 heterocycles. The average Bonchev–Trinajstić information content (AvgIpc) is 2.74. The van der Waals surface area contributed by atoms with Gasteiger partial charge in [-0.15, -0.1) is 0 Å². The smallest absolute Gasteiger partial charge is 0.369 e. The summed E-state index contributed by atoms with van der Waals surface area (Å²) in [4.78, 5) is 0. The molecule has 5 heteroatoms. The summed E-state index contributed by atoms with van der Waals surface area (Å²) in [6, 6.07) is 0. The molecule has 0 aromatic carbocycles. The van der Waals surface area contributed by atoms with E-state index in [4.69, 9.17) is 8.85 Å². The lowest BCUT2D eigenvalue weighted by Gasteiger charge is -2.33. The van der Waals surface area contributed by atoms with Crippen molar-refractivity contribution in [3.8, 4) is 0 Å². The van der Waals surface area contributed by atoms with E-state index in [1.54, 1.807) is 0 Å². The van der Waals surface area contributed by atoms with Crippen molar-refractivity contribution < 1.29 is 8.85 Å². The summed E-state index contributed by atoms with van der Waals surface area (Å²) >= 11 is 0. The van der Waals surface area contributed by atoms with E-state index in [0.29, 0.717) is 0 Å². The minimum Gasteiger partial charge on any atom is -0.369 e. The van der Waals surface area contributed by atoms with Gasteiger partial charge in [0.15, 0.2) is 0 Å². The van der Waals surface area contributed by atoms with Crippen molar-refractivity contribution in [3.05, 3.63) is 0 Å². The Morgan fingerprint density at radius 3 is 1.85 bits per heavy atom. The molecule has 0 unspecified atom stereocenters. The van der Waals surface area contributed by atoms with Gasteiger partial charge < -0.3 is 8.85 Å². The van der Waals surface area contributed by atoms with Gasteiger partial charge in [0.25, 0.3) is 0 Å². The topological polar surface area (TPSA) is 24.9 Å². The Kier molecular flexibility index (Phi) is 2.71. The van der Waals surface area contributed by atoms with E-state index < -0.39 is 8.88 Å². The molecule has 0 atom stereocenters. The molecule has 4 nitrogen and oxygen atoms in total. The fraction of sp³-hybridized carbons (Fsp3) is 1.00. The van der Waals surface area contributed by atoms with Crippen LogP contribution in [0.5, 0.6) is 0 Å². The molecule has 0 amide bonds. The van der Waals surface area contributed by atoms with Crippen LogP contribution in [0.25, 0.3) is 0 Å². The summed E-state index contributed by atoms with van der Waals surface area (Å²) in [6.07, 6.45) is 0.